The smallest absolute Gasteiger partial charge is 0.228 e. The lowest BCUT2D eigenvalue weighted by molar-refractivity contribution is -0.115. The predicted octanol–water partition coefficient (Wildman–Crippen LogP) is 3.20. The number of aryl methyl sites for hydroxylation is 1. The number of anilines is 1. The Morgan fingerprint density at radius 3 is 2.13 bits per heavy atom. The van der Waals surface area contributed by atoms with E-state index in [1.807, 2.05) is 31.2 Å². The average Bonchev–Trinajstić information content (AvgIpc) is 2.56. The van der Waals surface area contributed by atoms with E-state index in [4.69, 9.17) is 14.2 Å². The fourth-order valence-electron chi connectivity index (χ4n) is 2.32. The van der Waals surface area contributed by atoms with Crippen LogP contribution in [0.5, 0.6) is 17.2 Å². The van der Waals surface area contributed by atoms with Crippen LogP contribution in [-0.4, -0.2) is 27.2 Å². The van der Waals surface area contributed by atoms with Gasteiger partial charge in [0.1, 0.15) is 0 Å². The molecule has 5 heteroatoms. The van der Waals surface area contributed by atoms with Gasteiger partial charge in [0.2, 0.25) is 11.7 Å². The maximum Gasteiger partial charge on any atom is 0.228 e. The summed E-state index contributed by atoms with van der Waals surface area (Å²) >= 11 is 0. The number of ether oxygens (including phenoxy) is 3. The van der Waals surface area contributed by atoms with Gasteiger partial charge in [-0.15, -0.1) is 0 Å². The third-order valence-corrected chi connectivity index (χ3v) is 3.47. The molecule has 122 valence electrons. The second kappa shape index (κ2) is 7.54. The molecule has 0 aliphatic heterocycles. The first kappa shape index (κ1) is 16.7. The highest BCUT2D eigenvalue weighted by molar-refractivity contribution is 5.92. The van der Waals surface area contributed by atoms with Gasteiger partial charge in [0, 0.05) is 11.3 Å². The van der Waals surface area contributed by atoms with Crippen LogP contribution in [0.2, 0.25) is 0 Å². The van der Waals surface area contributed by atoms with Crippen LogP contribution in [0.1, 0.15) is 11.1 Å². The summed E-state index contributed by atoms with van der Waals surface area (Å²) in [6.07, 6.45) is 0.178. The van der Waals surface area contributed by atoms with Crippen LogP contribution in [0.4, 0.5) is 5.69 Å². The number of carbonyl (C=O) groups is 1. The maximum absolute atomic E-state index is 12.3. The molecule has 0 fully saturated rings. The van der Waals surface area contributed by atoms with E-state index in [1.54, 1.807) is 26.4 Å². The van der Waals surface area contributed by atoms with Crippen molar-refractivity contribution in [3.05, 3.63) is 47.5 Å². The fourth-order valence-corrected chi connectivity index (χ4v) is 2.32. The van der Waals surface area contributed by atoms with E-state index >= 15 is 0 Å². The number of rotatable bonds is 6. The van der Waals surface area contributed by atoms with Crippen LogP contribution < -0.4 is 19.5 Å². The number of nitrogens with one attached hydrogen (secondary N) is 1. The van der Waals surface area contributed by atoms with Crippen molar-refractivity contribution in [1.29, 1.82) is 0 Å². The number of carbonyl (C=O) groups excluding carboxylic acids is 1. The van der Waals surface area contributed by atoms with Gasteiger partial charge >= 0.3 is 0 Å². The van der Waals surface area contributed by atoms with E-state index < -0.39 is 0 Å². The Balaban J connectivity index is 2.18. The molecule has 0 aliphatic rings. The summed E-state index contributed by atoms with van der Waals surface area (Å²) in [5.41, 5.74) is 2.64. The first-order valence-electron chi connectivity index (χ1n) is 7.23. The summed E-state index contributed by atoms with van der Waals surface area (Å²) in [7, 11) is 4.64. The Morgan fingerprint density at radius 2 is 1.57 bits per heavy atom. The maximum atomic E-state index is 12.3. The van der Waals surface area contributed by atoms with Crippen molar-refractivity contribution in [2.24, 2.45) is 0 Å². The molecule has 0 unspecified atom stereocenters. The highest BCUT2D eigenvalue weighted by atomic mass is 16.5. The Hall–Kier alpha value is -2.69. The zero-order chi connectivity index (χ0) is 16.8. The number of hydrogen-bond acceptors (Lipinski definition) is 4. The molecule has 0 bridgehead atoms. The summed E-state index contributed by atoms with van der Waals surface area (Å²) in [6, 6.07) is 11.2. The fraction of sp³-hybridized carbons (Fsp3) is 0.278. The lowest BCUT2D eigenvalue weighted by Gasteiger charge is -2.15. The molecule has 0 aliphatic carbocycles. The third kappa shape index (κ3) is 3.94. The molecule has 1 amide bonds. The number of benzene rings is 2. The summed E-state index contributed by atoms with van der Waals surface area (Å²) in [5.74, 6) is 1.42. The van der Waals surface area contributed by atoms with Gasteiger partial charge in [0.05, 0.1) is 27.8 Å². The predicted molar refractivity (Wildman–Crippen MR) is 89.6 cm³/mol. The molecule has 2 aromatic rings. The molecule has 2 rings (SSSR count). The minimum absolute atomic E-state index is 0.126. The van der Waals surface area contributed by atoms with Crippen molar-refractivity contribution >= 4 is 11.6 Å². The Labute approximate surface area is 136 Å². The topological polar surface area (TPSA) is 56.8 Å². The zero-order valence-electron chi connectivity index (χ0n) is 13.8. The molecule has 0 atom stereocenters. The van der Waals surface area contributed by atoms with Gasteiger partial charge in [0.25, 0.3) is 0 Å². The van der Waals surface area contributed by atoms with Gasteiger partial charge in [-0.05, 0) is 25.1 Å². The second-order valence-corrected chi connectivity index (χ2v) is 5.08. The van der Waals surface area contributed by atoms with Crippen molar-refractivity contribution in [3.63, 3.8) is 0 Å². The van der Waals surface area contributed by atoms with E-state index in [1.165, 1.54) is 7.11 Å². The van der Waals surface area contributed by atoms with E-state index in [2.05, 4.69) is 5.32 Å². The lowest BCUT2D eigenvalue weighted by atomic mass is 10.1. The Kier molecular flexibility index (Phi) is 5.46. The molecule has 0 radical (unpaired) electrons. The number of methoxy groups -OCH3 is 3. The summed E-state index contributed by atoms with van der Waals surface area (Å²) < 4.78 is 16.0. The van der Waals surface area contributed by atoms with Crippen molar-refractivity contribution in [2.75, 3.05) is 26.6 Å². The Morgan fingerprint density at radius 1 is 0.913 bits per heavy atom. The van der Waals surface area contributed by atoms with Gasteiger partial charge in [-0.25, -0.2) is 0 Å². The molecule has 2 aromatic carbocycles. The quantitative estimate of drug-likeness (QED) is 0.889. The number of hydrogen-bond donors (Lipinski definition) is 1. The largest absolute Gasteiger partial charge is 0.493 e. The summed E-state index contributed by atoms with van der Waals surface area (Å²) in [4.78, 5) is 12.3. The molecule has 5 nitrogen and oxygen atoms in total. The highest BCUT2D eigenvalue weighted by Crippen LogP contribution is 2.39. The van der Waals surface area contributed by atoms with Crippen molar-refractivity contribution in [1.82, 2.24) is 0 Å². The summed E-state index contributed by atoms with van der Waals surface area (Å²) in [5, 5.41) is 2.87. The molecule has 0 saturated carbocycles. The van der Waals surface area contributed by atoms with Crippen molar-refractivity contribution in [2.45, 2.75) is 13.3 Å². The van der Waals surface area contributed by atoms with Crippen LogP contribution >= 0.6 is 0 Å². The SMILES string of the molecule is COc1ccc(CC(=O)Nc2ccc(C)cc2)c(OC)c1OC. The van der Waals surface area contributed by atoms with Crippen LogP contribution in [0.25, 0.3) is 0 Å². The monoisotopic (exact) mass is 315 g/mol. The van der Waals surface area contributed by atoms with Crippen LogP contribution in [-0.2, 0) is 11.2 Å². The van der Waals surface area contributed by atoms with Crippen molar-refractivity contribution < 1.29 is 19.0 Å². The first-order chi connectivity index (χ1) is 11.1. The molecular formula is C18H21NO4. The molecule has 1 N–H and O–H groups in total. The van der Waals surface area contributed by atoms with Crippen LogP contribution in [0.15, 0.2) is 36.4 Å². The molecule has 0 spiro atoms. The standard InChI is InChI=1S/C18H21NO4/c1-12-5-8-14(9-6-12)19-16(20)11-13-7-10-15(21-2)18(23-4)17(13)22-3/h5-10H,11H2,1-4H3,(H,19,20). The van der Waals surface area contributed by atoms with E-state index in [9.17, 15) is 4.79 Å². The van der Waals surface area contributed by atoms with Gasteiger partial charge in [-0.1, -0.05) is 23.8 Å². The molecule has 0 aromatic heterocycles. The van der Waals surface area contributed by atoms with Gasteiger partial charge in [-0.3, -0.25) is 4.79 Å². The van der Waals surface area contributed by atoms with E-state index in [0.29, 0.717) is 17.2 Å². The van der Waals surface area contributed by atoms with Crippen LogP contribution in [0, 0.1) is 6.92 Å². The molecule has 23 heavy (non-hydrogen) atoms. The molecule has 0 heterocycles. The first-order valence-corrected chi connectivity index (χ1v) is 7.23. The number of amides is 1. The minimum Gasteiger partial charge on any atom is -0.493 e. The van der Waals surface area contributed by atoms with Gasteiger partial charge in [-0.2, -0.15) is 0 Å². The highest BCUT2D eigenvalue weighted by Gasteiger charge is 2.17. The minimum atomic E-state index is -0.126. The van der Waals surface area contributed by atoms with Crippen LogP contribution in [0.3, 0.4) is 0 Å². The van der Waals surface area contributed by atoms with Crippen molar-refractivity contribution in [3.8, 4) is 17.2 Å². The van der Waals surface area contributed by atoms with Gasteiger partial charge in [0.15, 0.2) is 11.5 Å². The zero-order valence-corrected chi connectivity index (χ0v) is 13.8. The van der Waals surface area contributed by atoms with E-state index in [-0.39, 0.29) is 12.3 Å². The lowest BCUT2D eigenvalue weighted by Crippen LogP contribution is -2.15. The normalized spacial score (nSPS) is 10.1. The molecular weight excluding hydrogens is 294 g/mol. The molecule has 0 saturated heterocycles. The third-order valence-electron chi connectivity index (χ3n) is 3.47. The average molecular weight is 315 g/mol. The van der Waals surface area contributed by atoms with E-state index in [0.717, 1.165) is 16.8 Å². The summed E-state index contributed by atoms with van der Waals surface area (Å²) in [6.45, 7) is 2.00. The second-order valence-electron chi connectivity index (χ2n) is 5.08. The Bertz CT molecular complexity index is 680. The van der Waals surface area contributed by atoms with Gasteiger partial charge < -0.3 is 19.5 Å².